The highest BCUT2D eigenvalue weighted by Gasteiger charge is 2.32. The molecule has 0 aromatic heterocycles. The monoisotopic (exact) mass is 237 g/mol. The van der Waals surface area contributed by atoms with Gasteiger partial charge in [0.1, 0.15) is 13.1 Å². The van der Waals surface area contributed by atoms with E-state index in [1.807, 2.05) is 13.1 Å². The first-order valence-corrected chi connectivity index (χ1v) is 5.75. The molecule has 17 heavy (non-hydrogen) atoms. The third-order valence-corrected chi connectivity index (χ3v) is 3.55. The Morgan fingerprint density at radius 2 is 2.29 bits per heavy atom. The van der Waals surface area contributed by atoms with Crippen molar-refractivity contribution in [1.29, 1.82) is 0 Å². The molecule has 1 aromatic carbocycles. The van der Waals surface area contributed by atoms with Gasteiger partial charge in [-0.3, -0.25) is 10.1 Å². The summed E-state index contributed by atoms with van der Waals surface area (Å²) in [6.07, 6.45) is 0.841. The van der Waals surface area contributed by atoms with E-state index in [2.05, 4.69) is 0 Å². The van der Waals surface area contributed by atoms with Crippen molar-refractivity contribution in [2.75, 3.05) is 26.7 Å². The summed E-state index contributed by atoms with van der Waals surface area (Å²) >= 11 is 0. The van der Waals surface area contributed by atoms with Gasteiger partial charge in [-0.25, -0.2) is 0 Å². The van der Waals surface area contributed by atoms with Crippen molar-refractivity contribution in [2.45, 2.75) is 13.0 Å². The summed E-state index contributed by atoms with van der Waals surface area (Å²) in [5.74, 6) is 0. The van der Waals surface area contributed by atoms with Crippen LogP contribution in [0.5, 0.6) is 0 Å². The zero-order chi connectivity index (χ0) is 12.5. The Morgan fingerprint density at radius 1 is 1.53 bits per heavy atom. The summed E-state index contributed by atoms with van der Waals surface area (Å²) in [6.45, 7) is 2.32. The summed E-state index contributed by atoms with van der Waals surface area (Å²) in [7, 11) is 2.04. The van der Waals surface area contributed by atoms with Gasteiger partial charge in [-0.2, -0.15) is 0 Å². The van der Waals surface area contributed by atoms with E-state index in [4.69, 9.17) is 5.11 Å². The number of quaternary nitrogens is 1. The van der Waals surface area contributed by atoms with Gasteiger partial charge in [0, 0.05) is 12.5 Å². The van der Waals surface area contributed by atoms with Crippen molar-refractivity contribution in [3.8, 4) is 0 Å². The minimum atomic E-state index is -0.312. The predicted octanol–water partition coefficient (Wildman–Crippen LogP) is 1.09. The van der Waals surface area contributed by atoms with Crippen LogP contribution < -0.4 is 0 Å². The number of hydrogen-bond acceptors (Lipinski definition) is 3. The lowest BCUT2D eigenvalue weighted by Gasteiger charge is -2.37. The average molecular weight is 237 g/mol. The zero-order valence-corrected chi connectivity index (χ0v) is 9.93. The van der Waals surface area contributed by atoms with Crippen LogP contribution in [-0.2, 0) is 13.0 Å². The van der Waals surface area contributed by atoms with E-state index in [1.165, 1.54) is 0 Å². The molecule has 1 aliphatic rings. The third-order valence-electron chi connectivity index (χ3n) is 3.55. The van der Waals surface area contributed by atoms with E-state index < -0.39 is 0 Å². The van der Waals surface area contributed by atoms with Gasteiger partial charge < -0.3 is 9.59 Å². The Bertz CT molecular complexity index is 447. The first-order chi connectivity index (χ1) is 8.06. The highest BCUT2D eigenvalue weighted by molar-refractivity contribution is 5.45. The van der Waals surface area contributed by atoms with E-state index in [0.717, 1.165) is 24.1 Å². The lowest BCUT2D eigenvalue weighted by molar-refractivity contribution is -0.924. The summed E-state index contributed by atoms with van der Waals surface area (Å²) in [5, 5.41) is 20.1. The van der Waals surface area contributed by atoms with E-state index in [1.54, 1.807) is 12.1 Å². The molecule has 1 atom stereocenters. The Labute approximate surface area is 100 Å². The van der Waals surface area contributed by atoms with E-state index in [-0.39, 0.29) is 17.2 Å². The van der Waals surface area contributed by atoms with Crippen molar-refractivity contribution < 1.29 is 14.5 Å². The van der Waals surface area contributed by atoms with Crippen LogP contribution in [-0.4, -0.2) is 41.3 Å². The second-order valence-electron chi connectivity index (χ2n) is 4.87. The topological polar surface area (TPSA) is 63.4 Å². The number of fused-ring (bicyclic) bond motifs is 1. The van der Waals surface area contributed by atoms with Crippen molar-refractivity contribution in [3.05, 3.63) is 39.4 Å². The molecule has 1 aliphatic heterocycles. The van der Waals surface area contributed by atoms with Gasteiger partial charge in [-0.1, -0.05) is 12.1 Å². The molecule has 1 heterocycles. The first-order valence-electron chi connectivity index (χ1n) is 5.75. The van der Waals surface area contributed by atoms with Crippen molar-refractivity contribution in [3.63, 3.8) is 0 Å². The molecule has 0 spiro atoms. The molecule has 0 saturated carbocycles. The van der Waals surface area contributed by atoms with Crippen molar-refractivity contribution in [1.82, 2.24) is 0 Å². The van der Waals surface area contributed by atoms with E-state index >= 15 is 0 Å². The van der Waals surface area contributed by atoms with Crippen LogP contribution >= 0.6 is 0 Å². The fraction of sp³-hybridized carbons (Fsp3) is 0.500. The molecule has 1 N–H and O–H groups in total. The smallest absolute Gasteiger partial charge is 0.278 e. The molecule has 5 nitrogen and oxygen atoms in total. The summed E-state index contributed by atoms with van der Waals surface area (Å²) in [4.78, 5) is 10.7. The van der Waals surface area contributed by atoms with Gasteiger partial charge in [0.15, 0.2) is 0 Å². The Balaban J connectivity index is 2.38. The number of aliphatic hydroxyl groups excluding tert-OH is 1. The van der Waals surface area contributed by atoms with Crippen LogP contribution in [0.25, 0.3) is 0 Å². The predicted molar refractivity (Wildman–Crippen MR) is 63.5 cm³/mol. The SMILES string of the molecule is C[N+]1(CCO)CCc2cccc([N+](=O)[O-])c2C1. The number of benzene rings is 1. The quantitative estimate of drug-likeness (QED) is 0.486. The fourth-order valence-electron chi connectivity index (χ4n) is 2.49. The number of nitro groups is 1. The molecule has 0 saturated heterocycles. The maximum atomic E-state index is 11.0. The van der Waals surface area contributed by atoms with Gasteiger partial charge >= 0.3 is 0 Å². The van der Waals surface area contributed by atoms with Gasteiger partial charge in [0.25, 0.3) is 5.69 Å². The first kappa shape index (κ1) is 12.0. The normalized spacial score (nSPS) is 23.2. The van der Waals surface area contributed by atoms with Gasteiger partial charge in [-0.15, -0.1) is 0 Å². The standard InChI is InChI=1S/C12H17N2O3/c1-14(7-8-15)6-5-10-3-2-4-12(13(16)17)11(10)9-14/h2-4,15H,5-9H2,1H3/q+1. The largest absolute Gasteiger partial charge is 0.391 e. The average Bonchev–Trinajstić information content (AvgIpc) is 2.28. The summed E-state index contributed by atoms with van der Waals surface area (Å²) < 4.78 is 0.675. The maximum absolute atomic E-state index is 11.0. The molecule has 0 bridgehead atoms. The Morgan fingerprint density at radius 3 is 2.94 bits per heavy atom. The van der Waals surface area contributed by atoms with Gasteiger partial charge in [-0.05, 0) is 5.56 Å². The molecular weight excluding hydrogens is 220 g/mol. The zero-order valence-electron chi connectivity index (χ0n) is 9.93. The van der Waals surface area contributed by atoms with Crippen LogP contribution in [0.4, 0.5) is 5.69 Å². The number of hydrogen-bond donors (Lipinski definition) is 1. The lowest BCUT2D eigenvalue weighted by Crippen LogP contribution is -2.49. The molecule has 5 heteroatoms. The Hall–Kier alpha value is -1.46. The number of rotatable bonds is 3. The van der Waals surface area contributed by atoms with Gasteiger partial charge in [0.2, 0.25) is 0 Å². The van der Waals surface area contributed by atoms with Gasteiger partial charge in [0.05, 0.1) is 30.7 Å². The van der Waals surface area contributed by atoms with Crippen LogP contribution in [0.15, 0.2) is 18.2 Å². The van der Waals surface area contributed by atoms with Crippen molar-refractivity contribution in [2.24, 2.45) is 0 Å². The highest BCUT2D eigenvalue weighted by atomic mass is 16.6. The molecule has 0 amide bonds. The third kappa shape index (κ3) is 2.30. The summed E-state index contributed by atoms with van der Waals surface area (Å²) in [6, 6.07) is 5.27. The number of likely N-dealkylation sites (N-methyl/N-ethyl adjacent to an activating group) is 1. The molecule has 0 radical (unpaired) electrons. The number of nitrogens with zero attached hydrogens (tertiary/aromatic N) is 2. The minimum absolute atomic E-state index is 0.118. The van der Waals surface area contributed by atoms with Crippen LogP contribution in [0, 0.1) is 10.1 Å². The highest BCUT2D eigenvalue weighted by Crippen LogP contribution is 2.30. The molecule has 92 valence electrons. The lowest BCUT2D eigenvalue weighted by atomic mass is 9.96. The molecule has 2 rings (SSSR count). The van der Waals surface area contributed by atoms with Crippen LogP contribution in [0.3, 0.4) is 0 Å². The van der Waals surface area contributed by atoms with E-state index in [0.29, 0.717) is 17.6 Å². The van der Waals surface area contributed by atoms with Crippen LogP contribution in [0.1, 0.15) is 11.1 Å². The van der Waals surface area contributed by atoms with Crippen LogP contribution in [0.2, 0.25) is 0 Å². The summed E-state index contributed by atoms with van der Waals surface area (Å²) in [5.41, 5.74) is 2.12. The molecule has 0 fully saturated rings. The second kappa shape index (κ2) is 4.43. The number of nitro benzene ring substituents is 1. The molecular formula is C12H17N2O3+. The number of aliphatic hydroxyl groups is 1. The molecule has 1 unspecified atom stereocenters. The molecule has 0 aliphatic carbocycles. The van der Waals surface area contributed by atoms with Crippen molar-refractivity contribution >= 4 is 5.69 Å². The minimum Gasteiger partial charge on any atom is -0.391 e. The maximum Gasteiger partial charge on any atom is 0.278 e. The second-order valence-corrected chi connectivity index (χ2v) is 4.87. The van der Waals surface area contributed by atoms with E-state index in [9.17, 15) is 10.1 Å². The molecule has 1 aromatic rings. The Kier molecular flexibility index (Phi) is 3.13. The fourth-order valence-corrected chi connectivity index (χ4v) is 2.49.